The number of carbonyl (C=O) groups excluding carboxylic acids is 3. The molecule has 0 spiro atoms. The van der Waals surface area contributed by atoms with Crippen molar-refractivity contribution >= 4 is 17.9 Å². The minimum absolute atomic E-state index is 0.00733. The third-order valence-electron chi connectivity index (χ3n) is 4.70. The van der Waals surface area contributed by atoms with Crippen LogP contribution in [0.3, 0.4) is 0 Å². The molecule has 9 heteroatoms. The first-order valence-electron chi connectivity index (χ1n) is 10.2. The number of dihydropyridines is 1. The number of allylic oxidation sites excluding steroid dienone is 2. The van der Waals surface area contributed by atoms with Crippen LogP contribution in [0.25, 0.3) is 0 Å². The van der Waals surface area contributed by atoms with Crippen molar-refractivity contribution in [3.8, 4) is 11.5 Å². The molecule has 0 atom stereocenters. The molecule has 9 nitrogen and oxygen atoms in total. The van der Waals surface area contributed by atoms with Crippen LogP contribution in [-0.4, -0.2) is 51.9 Å². The van der Waals surface area contributed by atoms with E-state index in [1.54, 1.807) is 38.1 Å². The third kappa shape index (κ3) is 6.03. The zero-order chi connectivity index (χ0) is 23.7. The first-order valence-corrected chi connectivity index (χ1v) is 10.2. The first kappa shape index (κ1) is 24.8. The van der Waals surface area contributed by atoms with Crippen molar-refractivity contribution in [2.45, 2.75) is 27.2 Å². The Kier molecular flexibility index (Phi) is 9.12. The van der Waals surface area contributed by atoms with Gasteiger partial charge in [-0.1, -0.05) is 6.92 Å². The Morgan fingerprint density at radius 3 is 1.72 bits per heavy atom. The maximum atomic E-state index is 12.9. The van der Waals surface area contributed by atoms with Gasteiger partial charge in [-0.25, -0.2) is 9.59 Å². The molecule has 1 aliphatic heterocycles. The number of rotatable bonds is 10. The Labute approximate surface area is 187 Å². The van der Waals surface area contributed by atoms with Crippen LogP contribution in [0.15, 0.2) is 46.8 Å². The summed E-state index contributed by atoms with van der Waals surface area (Å²) in [5, 5.41) is 2.92. The first-order chi connectivity index (χ1) is 15.3. The molecule has 32 heavy (non-hydrogen) atoms. The summed E-state index contributed by atoms with van der Waals surface area (Å²) in [5.41, 5.74) is 0.773. The van der Waals surface area contributed by atoms with E-state index in [4.69, 9.17) is 23.7 Å². The van der Waals surface area contributed by atoms with Crippen LogP contribution in [0.4, 0.5) is 0 Å². The van der Waals surface area contributed by atoms with Crippen molar-refractivity contribution in [3.05, 3.63) is 46.8 Å². The second kappa shape index (κ2) is 11.8. The van der Waals surface area contributed by atoms with Gasteiger partial charge in [0, 0.05) is 11.4 Å². The smallest absolute Gasteiger partial charge is 0.336 e. The molecule has 1 heterocycles. The van der Waals surface area contributed by atoms with Crippen LogP contribution in [0.5, 0.6) is 11.5 Å². The summed E-state index contributed by atoms with van der Waals surface area (Å²) < 4.78 is 26.0. The average Bonchev–Trinajstić information content (AvgIpc) is 2.79. The van der Waals surface area contributed by atoms with Gasteiger partial charge in [0.2, 0.25) is 0 Å². The summed E-state index contributed by atoms with van der Waals surface area (Å²) in [6.45, 7) is 5.88. The van der Waals surface area contributed by atoms with Crippen LogP contribution < -0.4 is 14.8 Å². The molecule has 0 bridgehead atoms. The van der Waals surface area contributed by atoms with E-state index in [1.165, 1.54) is 14.2 Å². The van der Waals surface area contributed by atoms with Gasteiger partial charge in [-0.15, -0.1) is 0 Å². The normalized spacial score (nSPS) is 13.9. The van der Waals surface area contributed by atoms with Crippen LogP contribution in [0.1, 0.15) is 27.2 Å². The van der Waals surface area contributed by atoms with Crippen LogP contribution in [0.2, 0.25) is 0 Å². The lowest BCUT2D eigenvalue weighted by Crippen LogP contribution is -2.38. The molecule has 0 aromatic heterocycles. The average molecular weight is 447 g/mol. The fraction of sp³-hybridized carbons (Fsp3) is 0.435. The van der Waals surface area contributed by atoms with Crippen molar-refractivity contribution in [1.29, 1.82) is 0 Å². The zero-order valence-corrected chi connectivity index (χ0v) is 19.0. The van der Waals surface area contributed by atoms with Gasteiger partial charge in [-0.3, -0.25) is 4.79 Å². The summed E-state index contributed by atoms with van der Waals surface area (Å²) in [6.07, 6.45) is 0.916. The van der Waals surface area contributed by atoms with Crippen molar-refractivity contribution in [1.82, 2.24) is 5.32 Å². The topological polar surface area (TPSA) is 109 Å². The van der Waals surface area contributed by atoms with Crippen molar-refractivity contribution < 1.29 is 38.1 Å². The molecule has 1 aromatic carbocycles. The Morgan fingerprint density at radius 2 is 1.28 bits per heavy atom. The minimum atomic E-state index is -1.27. The standard InChI is InChI=1S/C23H29NO8/c1-6-11-30-16-7-9-17(10-8-16)31-12-13-32-23(27)20-18(21(25)28-4)14(2)24-15(3)19(20)22(26)29-5/h7-10,20,24H,6,11-13H2,1-5H3. The molecule has 0 amide bonds. The number of hydrogen-bond acceptors (Lipinski definition) is 9. The fourth-order valence-electron chi connectivity index (χ4n) is 3.23. The van der Waals surface area contributed by atoms with Crippen molar-refractivity contribution in [2.24, 2.45) is 5.92 Å². The lowest BCUT2D eigenvalue weighted by Gasteiger charge is -2.28. The predicted octanol–water partition coefficient (Wildman–Crippen LogP) is 2.51. The molecule has 1 N–H and O–H groups in total. The minimum Gasteiger partial charge on any atom is -0.494 e. The van der Waals surface area contributed by atoms with Crippen molar-refractivity contribution in [3.63, 3.8) is 0 Å². The molecule has 0 fully saturated rings. The molecule has 0 radical (unpaired) electrons. The van der Waals surface area contributed by atoms with E-state index in [-0.39, 0.29) is 24.4 Å². The molecule has 0 aliphatic carbocycles. The zero-order valence-electron chi connectivity index (χ0n) is 19.0. The number of hydrogen-bond donors (Lipinski definition) is 1. The van der Waals surface area contributed by atoms with Gasteiger partial charge in [0.1, 0.15) is 30.6 Å². The van der Waals surface area contributed by atoms with Crippen LogP contribution >= 0.6 is 0 Å². The van der Waals surface area contributed by atoms with Gasteiger partial charge in [0.05, 0.1) is 32.0 Å². The molecule has 1 aliphatic rings. The summed E-state index contributed by atoms with van der Waals surface area (Å²) in [6, 6.07) is 7.09. The van der Waals surface area contributed by atoms with Gasteiger partial charge in [0.25, 0.3) is 0 Å². The lowest BCUT2D eigenvalue weighted by atomic mass is 9.85. The molecular weight excluding hydrogens is 418 g/mol. The number of ether oxygens (including phenoxy) is 5. The lowest BCUT2D eigenvalue weighted by molar-refractivity contribution is -0.151. The Balaban J connectivity index is 2.05. The van der Waals surface area contributed by atoms with Crippen LogP contribution in [-0.2, 0) is 28.6 Å². The Bertz CT molecular complexity index is 863. The number of nitrogens with one attached hydrogen (secondary N) is 1. The number of benzene rings is 1. The van der Waals surface area contributed by atoms with E-state index in [0.29, 0.717) is 23.8 Å². The fourth-order valence-corrected chi connectivity index (χ4v) is 3.23. The van der Waals surface area contributed by atoms with Gasteiger partial charge in [0.15, 0.2) is 0 Å². The quantitative estimate of drug-likeness (QED) is 0.329. The van der Waals surface area contributed by atoms with Gasteiger partial charge < -0.3 is 29.0 Å². The SMILES string of the molecule is CCCOc1ccc(OCCOC(=O)C2C(C(=O)OC)=C(C)NC(C)=C2C(=O)OC)cc1. The summed E-state index contributed by atoms with van der Waals surface area (Å²) in [7, 11) is 2.39. The monoisotopic (exact) mass is 447 g/mol. The Morgan fingerprint density at radius 1 is 0.812 bits per heavy atom. The summed E-state index contributed by atoms with van der Waals surface area (Å²) >= 11 is 0. The van der Waals surface area contributed by atoms with E-state index < -0.39 is 23.8 Å². The van der Waals surface area contributed by atoms with E-state index in [0.717, 1.165) is 12.2 Å². The highest BCUT2D eigenvalue weighted by atomic mass is 16.6. The molecular formula is C23H29NO8. The van der Waals surface area contributed by atoms with Crippen LogP contribution in [0, 0.1) is 5.92 Å². The predicted molar refractivity (Wildman–Crippen MR) is 115 cm³/mol. The van der Waals surface area contributed by atoms with Gasteiger partial charge in [-0.2, -0.15) is 0 Å². The van der Waals surface area contributed by atoms with Gasteiger partial charge in [-0.05, 0) is 44.5 Å². The maximum Gasteiger partial charge on any atom is 0.336 e. The second-order valence-corrected chi connectivity index (χ2v) is 6.95. The summed E-state index contributed by atoms with van der Waals surface area (Å²) in [4.78, 5) is 37.6. The Hall–Kier alpha value is -3.49. The molecule has 0 saturated carbocycles. The largest absolute Gasteiger partial charge is 0.494 e. The highest BCUT2D eigenvalue weighted by Crippen LogP contribution is 2.32. The molecule has 1 aromatic rings. The molecule has 0 saturated heterocycles. The third-order valence-corrected chi connectivity index (χ3v) is 4.70. The highest BCUT2D eigenvalue weighted by Gasteiger charge is 2.42. The second-order valence-electron chi connectivity index (χ2n) is 6.95. The maximum absolute atomic E-state index is 12.9. The number of esters is 3. The summed E-state index contributed by atoms with van der Waals surface area (Å²) in [5.74, 6) is -2.21. The highest BCUT2D eigenvalue weighted by molar-refractivity contribution is 6.05. The molecule has 2 rings (SSSR count). The van der Waals surface area contributed by atoms with E-state index in [2.05, 4.69) is 5.32 Å². The molecule has 0 unspecified atom stereocenters. The van der Waals surface area contributed by atoms with Gasteiger partial charge >= 0.3 is 17.9 Å². The molecule has 174 valence electrons. The number of carbonyl (C=O) groups is 3. The van der Waals surface area contributed by atoms with E-state index in [9.17, 15) is 14.4 Å². The van der Waals surface area contributed by atoms with Crippen molar-refractivity contribution in [2.75, 3.05) is 34.0 Å². The van der Waals surface area contributed by atoms with E-state index >= 15 is 0 Å². The number of methoxy groups -OCH3 is 2. The van der Waals surface area contributed by atoms with E-state index in [1.807, 2.05) is 6.92 Å².